The maximum Gasteiger partial charge on any atom is 0.126 e. The summed E-state index contributed by atoms with van der Waals surface area (Å²) in [5.74, 6) is 1.13. The van der Waals surface area contributed by atoms with Crippen molar-refractivity contribution in [1.29, 1.82) is 0 Å². The summed E-state index contributed by atoms with van der Waals surface area (Å²) in [6.07, 6.45) is 0.892. The summed E-state index contributed by atoms with van der Waals surface area (Å²) < 4.78 is 5.47. The van der Waals surface area contributed by atoms with E-state index in [4.69, 9.17) is 22.1 Å². The quantitative estimate of drug-likeness (QED) is 0.609. The number of ether oxygens (including phenoxy) is 1. The van der Waals surface area contributed by atoms with Crippen molar-refractivity contribution in [2.45, 2.75) is 25.3 Å². The zero-order valence-electron chi connectivity index (χ0n) is 15.2. The minimum Gasteiger partial charge on any atom is -0.496 e. The first kappa shape index (κ1) is 18.5. The van der Waals surface area contributed by atoms with Gasteiger partial charge in [0.2, 0.25) is 0 Å². The normalized spacial score (nSPS) is 13.2. The average Bonchev–Trinajstić information content (AvgIpc) is 2.67. The van der Waals surface area contributed by atoms with Gasteiger partial charge in [-0.25, -0.2) is 0 Å². The van der Waals surface area contributed by atoms with Gasteiger partial charge in [-0.05, 0) is 48.2 Å². The van der Waals surface area contributed by atoms with E-state index in [1.54, 1.807) is 7.11 Å². The molecule has 0 saturated carbocycles. The molecule has 0 saturated heterocycles. The van der Waals surface area contributed by atoms with Gasteiger partial charge in [0.25, 0.3) is 0 Å². The molecular formula is C23H24ClNO. The molecule has 2 N–H and O–H groups in total. The molecule has 3 rings (SSSR count). The fourth-order valence-electron chi connectivity index (χ4n) is 3.27. The molecular weight excluding hydrogens is 342 g/mol. The van der Waals surface area contributed by atoms with Gasteiger partial charge in [0.05, 0.1) is 7.11 Å². The second kappa shape index (κ2) is 8.39. The maximum absolute atomic E-state index is 6.30. The molecule has 26 heavy (non-hydrogen) atoms. The summed E-state index contributed by atoms with van der Waals surface area (Å²) in [4.78, 5) is 0. The molecule has 0 radical (unpaired) electrons. The molecule has 134 valence electrons. The van der Waals surface area contributed by atoms with E-state index < -0.39 is 0 Å². The van der Waals surface area contributed by atoms with Gasteiger partial charge < -0.3 is 10.5 Å². The highest BCUT2D eigenvalue weighted by atomic mass is 35.5. The third-order valence-corrected chi connectivity index (χ3v) is 5.01. The number of rotatable bonds is 6. The van der Waals surface area contributed by atoms with E-state index in [0.717, 1.165) is 28.3 Å². The number of hydrogen-bond acceptors (Lipinski definition) is 2. The molecule has 2 nitrogen and oxygen atoms in total. The van der Waals surface area contributed by atoms with E-state index in [-0.39, 0.29) is 12.0 Å². The third kappa shape index (κ3) is 4.27. The zero-order valence-corrected chi connectivity index (χ0v) is 15.9. The van der Waals surface area contributed by atoms with Crippen molar-refractivity contribution in [1.82, 2.24) is 0 Å². The lowest BCUT2D eigenvalue weighted by atomic mass is 9.86. The van der Waals surface area contributed by atoms with Crippen molar-refractivity contribution < 1.29 is 4.74 Å². The number of methoxy groups -OCH3 is 1. The van der Waals surface area contributed by atoms with Gasteiger partial charge >= 0.3 is 0 Å². The molecule has 0 spiro atoms. The van der Waals surface area contributed by atoms with Crippen LogP contribution in [0.3, 0.4) is 0 Å². The first-order valence-corrected chi connectivity index (χ1v) is 9.19. The summed E-state index contributed by atoms with van der Waals surface area (Å²) in [6, 6.07) is 24.8. The molecule has 3 aromatic rings. The molecule has 0 amide bonds. The van der Waals surface area contributed by atoms with Gasteiger partial charge in [0, 0.05) is 22.5 Å². The number of halogens is 1. The minimum atomic E-state index is 0.0581. The zero-order chi connectivity index (χ0) is 18.5. The monoisotopic (exact) mass is 365 g/mol. The molecule has 0 aliphatic rings. The van der Waals surface area contributed by atoms with Crippen molar-refractivity contribution in [2.75, 3.05) is 7.11 Å². The maximum atomic E-state index is 6.30. The molecule has 2 unspecified atom stereocenters. The fraction of sp³-hybridized carbons (Fsp3) is 0.217. The Morgan fingerprint density at radius 3 is 2.19 bits per heavy atom. The van der Waals surface area contributed by atoms with Crippen LogP contribution in [-0.2, 0) is 6.42 Å². The SMILES string of the molecule is COc1ccccc1-c1ccc(C(Cc2ccc(Cl)cc2)C(C)N)cc1. The Hall–Kier alpha value is -2.29. The van der Waals surface area contributed by atoms with E-state index in [1.807, 2.05) is 30.3 Å². The van der Waals surface area contributed by atoms with Crippen molar-refractivity contribution >= 4 is 11.6 Å². The Labute approximate surface area is 160 Å². The van der Waals surface area contributed by atoms with Gasteiger partial charge in [-0.3, -0.25) is 0 Å². The van der Waals surface area contributed by atoms with Crippen LogP contribution in [0.25, 0.3) is 11.1 Å². The van der Waals surface area contributed by atoms with Crippen molar-refractivity contribution in [3.63, 3.8) is 0 Å². The average molecular weight is 366 g/mol. The Kier molecular flexibility index (Phi) is 5.97. The van der Waals surface area contributed by atoms with Crippen molar-refractivity contribution in [3.05, 3.63) is 88.9 Å². The molecule has 2 atom stereocenters. The van der Waals surface area contributed by atoms with Crippen molar-refractivity contribution in [2.24, 2.45) is 5.73 Å². The van der Waals surface area contributed by atoms with Gasteiger partial charge in [0.15, 0.2) is 0 Å². The molecule has 3 heteroatoms. The van der Waals surface area contributed by atoms with Crippen LogP contribution < -0.4 is 10.5 Å². The summed E-state index contributed by atoms with van der Waals surface area (Å²) >= 11 is 5.99. The Morgan fingerprint density at radius 1 is 0.923 bits per heavy atom. The van der Waals surface area contributed by atoms with E-state index >= 15 is 0 Å². The van der Waals surface area contributed by atoms with Gasteiger partial charge in [-0.2, -0.15) is 0 Å². The lowest BCUT2D eigenvalue weighted by Gasteiger charge is -2.22. The van der Waals surface area contributed by atoms with Crippen LogP contribution in [0.1, 0.15) is 24.0 Å². The van der Waals surface area contributed by atoms with Crippen LogP contribution in [0.5, 0.6) is 5.75 Å². The Balaban J connectivity index is 1.85. The van der Waals surface area contributed by atoms with Crippen LogP contribution in [-0.4, -0.2) is 13.2 Å². The highest BCUT2D eigenvalue weighted by Gasteiger charge is 2.17. The third-order valence-electron chi connectivity index (χ3n) is 4.76. The van der Waals surface area contributed by atoms with E-state index in [0.29, 0.717) is 0 Å². The van der Waals surface area contributed by atoms with Crippen LogP contribution >= 0.6 is 11.6 Å². The van der Waals surface area contributed by atoms with Crippen LogP contribution in [0.15, 0.2) is 72.8 Å². The van der Waals surface area contributed by atoms with E-state index in [9.17, 15) is 0 Å². The molecule has 0 heterocycles. The van der Waals surface area contributed by atoms with Gasteiger partial charge in [0.1, 0.15) is 5.75 Å². The smallest absolute Gasteiger partial charge is 0.126 e. The molecule has 0 fully saturated rings. The highest BCUT2D eigenvalue weighted by molar-refractivity contribution is 6.30. The second-order valence-corrected chi connectivity index (χ2v) is 7.05. The number of nitrogens with two attached hydrogens (primary N) is 1. The standard InChI is InChI=1S/C23H24ClNO/c1-16(25)22(15-17-7-13-20(24)14-8-17)19-11-9-18(10-12-19)21-5-3-4-6-23(21)26-2/h3-14,16,22H,15,25H2,1-2H3. The summed E-state index contributed by atoms with van der Waals surface area (Å²) in [6.45, 7) is 2.06. The van der Waals surface area contributed by atoms with Crippen LogP contribution in [0, 0.1) is 0 Å². The lowest BCUT2D eigenvalue weighted by molar-refractivity contribution is 0.416. The number of para-hydroxylation sites is 1. The first-order chi connectivity index (χ1) is 12.6. The Bertz CT molecular complexity index is 841. The highest BCUT2D eigenvalue weighted by Crippen LogP contribution is 2.32. The van der Waals surface area contributed by atoms with Crippen LogP contribution in [0.2, 0.25) is 5.02 Å². The topological polar surface area (TPSA) is 35.2 Å². The predicted octanol–water partition coefficient (Wildman–Crippen LogP) is 5.69. The minimum absolute atomic E-state index is 0.0581. The van der Waals surface area contributed by atoms with Crippen LogP contribution in [0.4, 0.5) is 0 Å². The first-order valence-electron chi connectivity index (χ1n) is 8.82. The van der Waals surface area contributed by atoms with Gasteiger partial charge in [-0.1, -0.05) is 66.2 Å². The molecule has 0 bridgehead atoms. The predicted molar refractivity (Wildman–Crippen MR) is 110 cm³/mol. The lowest BCUT2D eigenvalue weighted by Crippen LogP contribution is -2.26. The largest absolute Gasteiger partial charge is 0.496 e. The van der Waals surface area contributed by atoms with E-state index in [1.165, 1.54) is 11.1 Å². The van der Waals surface area contributed by atoms with Crippen molar-refractivity contribution in [3.8, 4) is 16.9 Å². The van der Waals surface area contributed by atoms with E-state index in [2.05, 4.69) is 49.4 Å². The number of benzene rings is 3. The fourth-order valence-corrected chi connectivity index (χ4v) is 3.40. The molecule has 3 aromatic carbocycles. The van der Waals surface area contributed by atoms with Gasteiger partial charge in [-0.15, -0.1) is 0 Å². The second-order valence-electron chi connectivity index (χ2n) is 6.62. The summed E-state index contributed by atoms with van der Waals surface area (Å²) in [7, 11) is 1.70. The molecule has 0 aromatic heterocycles. The molecule has 0 aliphatic heterocycles. The molecule has 0 aliphatic carbocycles. The number of hydrogen-bond donors (Lipinski definition) is 1. The summed E-state index contributed by atoms with van der Waals surface area (Å²) in [5.41, 5.74) is 11.0. The Morgan fingerprint density at radius 2 is 1.58 bits per heavy atom. The summed E-state index contributed by atoms with van der Waals surface area (Å²) in [5, 5.41) is 0.757.